The molecule has 6 heteroatoms. The van der Waals surface area contributed by atoms with Gasteiger partial charge in [-0.15, -0.1) is 5.10 Å². The smallest absolute Gasteiger partial charge is 0.220 e. The molecule has 0 radical (unpaired) electrons. The topological polar surface area (TPSA) is 30.7 Å². The Morgan fingerprint density at radius 3 is 2.63 bits per heavy atom. The SMILES string of the molecule is CC(C)Cc1cn(-c2cccc(C(F)(F)F)c2)nn1. The van der Waals surface area contributed by atoms with Crippen LogP contribution in [0.25, 0.3) is 5.69 Å². The average molecular weight is 269 g/mol. The van der Waals surface area contributed by atoms with E-state index in [4.69, 9.17) is 0 Å². The van der Waals surface area contributed by atoms with Crippen molar-refractivity contribution in [3.8, 4) is 5.69 Å². The molecule has 0 aliphatic rings. The van der Waals surface area contributed by atoms with Crippen molar-refractivity contribution in [2.45, 2.75) is 26.4 Å². The molecular weight excluding hydrogens is 255 g/mol. The van der Waals surface area contributed by atoms with Crippen molar-refractivity contribution in [3.63, 3.8) is 0 Å². The zero-order chi connectivity index (χ0) is 14.0. The molecule has 0 amide bonds. The minimum absolute atomic E-state index is 0.359. The third-order valence-electron chi connectivity index (χ3n) is 2.60. The predicted octanol–water partition coefficient (Wildman–Crippen LogP) is 3.48. The minimum Gasteiger partial charge on any atom is -0.220 e. The Bertz CT molecular complexity index is 558. The number of aromatic nitrogens is 3. The van der Waals surface area contributed by atoms with E-state index in [0.717, 1.165) is 24.2 Å². The van der Waals surface area contributed by atoms with E-state index in [1.165, 1.54) is 10.7 Å². The molecule has 0 atom stereocenters. The summed E-state index contributed by atoms with van der Waals surface area (Å²) in [6.45, 7) is 4.09. The zero-order valence-electron chi connectivity index (χ0n) is 10.6. The number of benzene rings is 1. The van der Waals surface area contributed by atoms with Gasteiger partial charge in [-0.2, -0.15) is 13.2 Å². The highest BCUT2D eigenvalue weighted by Crippen LogP contribution is 2.30. The Kier molecular flexibility index (Phi) is 3.59. The molecule has 0 spiro atoms. The first-order valence-corrected chi connectivity index (χ1v) is 5.95. The van der Waals surface area contributed by atoms with Crippen LogP contribution in [0.1, 0.15) is 25.1 Å². The second-order valence-corrected chi connectivity index (χ2v) is 4.80. The van der Waals surface area contributed by atoms with Crippen LogP contribution in [0.5, 0.6) is 0 Å². The Hall–Kier alpha value is -1.85. The summed E-state index contributed by atoms with van der Waals surface area (Å²) in [7, 11) is 0. The molecule has 0 saturated heterocycles. The van der Waals surface area contributed by atoms with Crippen molar-refractivity contribution < 1.29 is 13.2 Å². The van der Waals surface area contributed by atoms with Crippen LogP contribution in [-0.4, -0.2) is 15.0 Å². The van der Waals surface area contributed by atoms with Crippen LogP contribution in [0.2, 0.25) is 0 Å². The summed E-state index contributed by atoms with van der Waals surface area (Å²) in [6, 6.07) is 5.04. The normalized spacial score (nSPS) is 12.1. The Morgan fingerprint density at radius 2 is 2.00 bits per heavy atom. The number of hydrogen-bond acceptors (Lipinski definition) is 2. The molecule has 3 nitrogen and oxygen atoms in total. The molecule has 0 N–H and O–H groups in total. The lowest BCUT2D eigenvalue weighted by Gasteiger charge is -2.08. The molecule has 0 unspecified atom stereocenters. The highest BCUT2D eigenvalue weighted by molar-refractivity contribution is 5.36. The molecule has 1 heterocycles. The Balaban J connectivity index is 2.29. The predicted molar refractivity (Wildman–Crippen MR) is 64.9 cm³/mol. The number of halogens is 3. The Labute approximate surface area is 109 Å². The van der Waals surface area contributed by atoms with E-state index >= 15 is 0 Å². The van der Waals surface area contributed by atoms with Crippen molar-refractivity contribution in [1.82, 2.24) is 15.0 Å². The van der Waals surface area contributed by atoms with E-state index in [9.17, 15) is 13.2 Å². The fourth-order valence-corrected chi connectivity index (χ4v) is 1.76. The fourth-order valence-electron chi connectivity index (χ4n) is 1.76. The molecule has 1 aromatic carbocycles. The second-order valence-electron chi connectivity index (χ2n) is 4.80. The van der Waals surface area contributed by atoms with E-state index in [-0.39, 0.29) is 0 Å². The molecule has 19 heavy (non-hydrogen) atoms. The zero-order valence-corrected chi connectivity index (χ0v) is 10.6. The maximum absolute atomic E-state index is 12.6. The summed E-state index contributed by atoms with van der Waals surface area (Å²) in [5.74, 6) is 0.423. The average Bonchev–Trinajstić information content (AvgIpc) is 2.76. The Morgan fingerprint density at radius 1 is 1.26 bits per heavy atom. The van der Waals surface area contributed by atoms with Crippen molar-refractivity contribution >= 4 is 0 Å². The lowest BCUT2D eigenvalue weighted by atomic mass is 10.1. The molecule has 0 bridgehead atoms. The number of rotatable bonds is 3. The lowest BCUT2D eigenvalue weighted by molar-refractivity contribution is -0.137. The van der Waals surface area contributed by atoms with Crippen molar-refractivity contribution in [2.24, 2.45) is 5.92 Å². The first kappa shape index (κ1) is 13.6. The molecule has 0 aliphatic heterocycles. The summed E-state index contributed by atoms with van der Waals surface area (Å²) >= 11 is 0. The van der Waals surface area contributed by atoms with Crippen LogP contribution in [-0.2, 0) is 12.6 Å². The first-order valence-electron chi connectivity index (χ1n) is 5.95. The van der Waals surface area contributed by atoms with Crippen molar-refractivity contribution in [2.75, 3.05) is 0 Å². The van der Waals surface area contributed by atoms with E-state index in [0.29, 0.717) is 11.6 Å². The van der Waals surface area contributed by atoms with Gasteiger partial charge in [0.15, 0.2) is 0 Å². The van der Waals surface area contributed by atoms with Crippen LogP contribution >= 0.6 is 0 Å². The summed E-state index contributed by atoms with van der Waals surface area (Å²) < 4.78 is 39.2. The monoisotopic (exact) mass is 269 g/mol. The van der Waals surface area contributed by atoms with Gasteiger partial charge in [-0.05, 0) is 30.5 Å². The van der Waals surface area contributed by atoms with Crippen LogP contribution < -0.4 is 0 Å². The van der Waals surface area contributed by atoms with Gasteiger partial charge >= 0.3 is 6.18 Å². The molecule has 0 aliphatic carbocycles. The van der Waals surface area contributed by atoms with Gasteiger partial charge in [-0.25, -0.2) is 4.68 Å². The molecule has 2 aromatic rings. The van der Waals surface area contributed by atoms with Crippen molar-refractivity contribution in [3.05, 3.63) is 41.7 Å². The third kappa shape index (κ3) is 3.33. The molecule has 1 aromatic heterocycles. The highest BCUT2D eigenvalue weighted by Gasteiger charge is 2.30. The van der Waals surface area contributed by atoms with Gasteiger partial charge in [0.05, 0.1) is 23.1 Å². The van der Waals surface area contributed by atoms with Gasteiger partial charge in [0.2, 0.25) is 0 Å². The fraction of sp³-hybridized carbons (Fsp3) is 0.385. The van der Waals surface area contributed by atoms with Gasteiger partial charge < -0.3 is 0 Å². The highest BCUT2D eigenvalue weighted by atomic mass is 19.4. The van der Waals surface area contributed by atoms with E-state index in [1.807, 2.05) is 13.8 Å². The number of alkyl halides is 3. The second kappa shape index (κ2) is 5.03. The molecule has 0 saturated carbocycles. The molecular formula is C13H14F3N3. The molecule has 2 rings (SSSR count). The van der Waals surface area contributed by atoms with Crippen LogP contribution in [0.3, 0.4) is 0 Å². The van der Waals surface area contributed by atoms with Gasteiger partial charge in [0.25, 0.3) is 0 Å². The van der Waals surface area contributed by atoms with Gasteiger partial charge in [-0.3, -0.25) is 0 Å². The minimum atomic E-state index is -4.35. The quantitative estimate of drug-likeness (QED) is 0.854. The third-order valence-corrected chi connectivity index (χ3v) is 2.60. The molecule has 102 valence electrons. The number of nitrogens with zero attached hydrogens (tertiary/aromatic N) is 3. The summed E-state index contributed by atoms with van der Waals surface area (Å²) in [5, 5.41) is 7.82. The maximum atomic E-state index is 12.6. The molecule has 0 fully saturated rings. The lowest BCUT2D eigenvalue weighted by Crippen LogP contribution is -2.06. The largest absolute Gasteiger partial charge is 0.416 e. The van der Waals surface area contributed by atoms with Crippen LogP contribution in [0.15, 0.2) is 30.5 Å². The van der Waals surface area contributed by atoms with E-state index < -0.39 is 11.7 Å². The van der Waals surface area contributed by atoms with Crippen molar-refractivity contribution in [1.29, 1.82) is 0 Å². The first-order chi connectivity index (χ1) is 8.86. The van der Waals surface area contributed by atoms with Crippen LogP contribution in [0.4, 0.5) is 13.2 Å². The summed E-state index contributed by atoms with van der Waals surface area (Å²) in [5.41, 5.74) is 0.440. The summed E-state index contributed by atoms with van der Waals surface area (Å²) in [4.78, 5) is 0. The van der Waals surface area contributed by atoms with Crippen LogP contribution in [0, 0.1) is 5.92 Å². The van der Waals surface area contributed by atoms with Gasteiger partial charge in [0, 0.05) is 0 Å². The maximum Gasteiger partial charge on any atom is 0.416 e. The number of hydrogen-bond donors (Lipinski definition) is 0. The van der Waals surface area contributed by atoms with Gasteiger partial charge in [-0.1, -0.05) is 25.1 Å². The summed E-state index contributed by atoms with van der Waals surface area (Å²) in [6.07, 6.45) is -1.94. The van der Waals surface area contributed by atoms with Gasteiger partial charge in [0.1, 0.15) is 0 Å². The van der Waals surface area contributed by atoms with E-state index in [2.05, 4.69) is 10.3 Å². The standard InChI is InChI=1S/C13H14F3N3/c1-9(2)6-11-8-19(18-17-11)12-5-3-4-10(7-12)13(14,15)16/h3-5,7-9H,6H2,1-2H3. The van der Waals surface area contributed by atoms with E-state index in [1.54, 1.807) is 12.3 Å².